The van der Waals surface area contributed by atoms with Gasteiger partial charge in [0.2, 0.25) is 0 Å². The first kappa shape index (κ1) is 8.78. The number of benzene rings is 1. The number of aromatic nitrogens is 1. The molecular weight excluding hydrogens is 198 g/mol. The van der Waals surface area contributed by atoms with Gasteiger partial charge < -0.3 is 0 Å². The molecule has 0 fully saturated rings. The first-order valence-electron chi connectivity index (χ1n) is 3.94. The molecular formula is C10H9NS2. The first-order chi connectivity index (χ1) is 6.40. The molecule has 66 valence electrons. The van der Waals surface area contributed by atoms with E-state index in [4.69, 9.17) is 0 Å². The fourth-order valence-electron chi connectivity index (χ4n) is 1.12. The summed E-state index contributed by atoms with van der Waals surface area (Å²) in [6.45, 7) is 0. The molecule has 0 aliphatic heterocycles. The standard InChI is InChI=1S/C10H9NS2/c1-12-9-4-2-3-8(7-9)10-11-5-6-13-10/h2-7H,1H3. The van der Waals surface area contributed by atoms with Crippen LogP contribution < -0.4 is 0 Å². The monoisotopic (exact) mass is 207 g/mol. The molecule has 1 aromatic carbocycles. The fraction of sp³-hybridized carbons (Fsp3) is 0.100. The molecule has 0 spiro atoms. The van der Waals surface area contributed by atoms with Crippen molar-refractivity contribution in [3.63, 3.8) is 0 Å². The van der Waals surface area contributed by atoms with Crippen molar-refractivity contribution in [2.75, 3.05) is 6.26 Å². The molecule has 0 saturated carbocycles. The molecule has 0 unspecified atom stereocenters. The van der Waals surface area contributed by atoms with Gasteiger partial charge in [-0.25, -0.2) is 4.98 Å². The van der Waals surface area contributed by atoms with E-state index in [0.717, 1.165) is 5.01 Å². The zero-order chi connectivity index (χ0) is 9.10. The van der Waals surface area contributed by atoms with Crippen LogP contribution in [0.25, 0.3) is 10.6 Å². The minimum Gasteiger partial charge on any atom is -0.245 e. The average Bonchev–Trinajstić information content (AvgIpc) is 2.71. The van der Waals surface area contributed by atoms with E-state index in [-0.39, 0.29) is 0 Å². The zero-order valence-electron chi connectivity index (χ0n) is 7.23. The van der Waals surface area contributed by atoms with Gasteiger partial charge in [-0.2, -0.15) is 0 Å². The summed E-state index contributed by atoms with van der Waals surface area (Å²) in [6.07, 6.45) is 3.92. The normalized spacial score (nSPS) is 10.2. The van der Waals surface area contributed by atoms with E-state index in [9.17, 15) is 0 Å². The molecule has 0 aliphatic rings. The SMILES string of the molecule is CSc1cccc(-c2nccs2)c1. The van der Waals surface area contributed by atoms with Crippen LogP contribution in [-0.4, -0.2) is 11.2 Å². The Morgan fingerprint density at radius 2 is 2.31 bits per heavy atom. The highest BCUT2D eigenvalue weighted by Gasteiger charge is 1.99. The molecule has 0 bridgehead atoms. The van der Waals surface area contributed by atoms with Gasteiger partial charge in [-0.05, 0) is 18.4 Å². The summed E-state index contributed by atoms with van der Waals surface area (Å²) < 4.78 is 0. The third kappa shape index (κ3) is 1.92. The Balaban J connectivity index is 2.41. The van der Waals surface area contributed by atoms with Crippen LogP contribution in [0.2, 0.25) is 0 Å². The van der Waals surface area contributed by atoms with Gasteiger partial charge in [0.25, 0.3) is 0 Å². The van der Waals surface area contributed by atoms with Gasteiger partial charge in [-0.3, -0.25) is 0 Å². The largest absolute Gasteiger partial charge is 0.245 e. The van der Waals surface area contributed by atoms with Gasteiger partial charge in [0.15, 0.2) is 0 Å². The number of nitrogens with zero attached hydrogens (tertiary/aromatic N) is 1. The Morgan fingerprint density at radius 3 is 3.00 bits per heavy atom. The molecule has 3 heteroatoms. The fourth-order valence-corrected chi connectivity index (χ4v) is 2.22. The maximum atomic E-state index is 4.27. The van der Waals surface area contributed by atoms with Crippen LogP contribution >= 0.6 is 23.1 Å². The van der Waals surface area contributed by atoms with Crippen LogP contribution in [0, 0.1) is 0 Å². The lowest BCUT2D eigenvalue weighted by atomic mass is 10.2. The van der Waals surface area contributed by atoms with Gasteiger partial charge in [0, 0.05) is 22.0 Å². The molecule has 0 radical (unpaired) electrons. The van der Waals surface area contributed by atoms with Crippen molar-refractivity contribution in [2.24, 2.45) is 0 Å². The molecule has 0 N–H and O–H groups in total. The number of thiazole rings is 1. The maximum absolute atomic E-state index is 4.27. The summed E-state index contributed by atoms with van der Waals surface area (Å²) in [5, 5.41) is 3.09. The molecule has 13 heavy (non-hydrogen) atoms. The minimum atomic E-state index is 1.09. The summed E-state index contributed by atoms with van der Waals surface area (Å²) in [6, 6.07) is 8.45. The molecule has 0 saturated heterocycles. The summed E-state index contributed by atoms with van der Waals surface area (Å²) in [7, 11) is 0. The van der Waals surface area contributed by atoms with E-state index in [0.29, 0.717) is 0 Å². The number of hydrogen-bond donors (Lipinski definition) is 0. The predicted octanol–water partition coefficient (Wildman–Crippen LogP) is 3.53. The van der Waals surface area contributed by atoms with Crippen molar-refractivity contribution >= 4 is 23.1 Å². The lowest BCUT2D eigenvalue weighted by Crippen LogP contribution is -1.75. The highest BCUT2D eigenvalue weighted by molar-refractivity contribution is 7.98. The van der Waals surface area contributed by atoms with Gasteiger partial charge in [-0.1, -0.05) is 12.1 Å². The lowest BCUT2D eigenvalue weighted by Gasteiger charge is -1.98. The topological polar surface area (TPSA) is 12.9 Å². The average molecular weight is 207 g/mol. The highest BCUT2D eigenvalue weighted by atomic mass is 32.2. The van der Waals surface area contributed by atoms with Crippen molar-refractivity contribution < 1.29 is 0 Å². The van der Waals surface area contributed by atoms with Crippen molar-refractivity contribution in [1.82, 2.24) is 4.98 Å². The number of rotatable bonds is 2. The molecule has 0 amide bonds. The molecule has 1 aromatic heterocycles. The second-order valence-corrected chi connectivity index (χ2v) is 4.34. The van der Waals surface area contributed by atoms with E-state index < -0.39 is 0 Å². The Morgan fingerprint density at radius 1 is 1.38 bits per heavy atom. The molecule has 0 atom stereocenters. The van der Waals surface area contributed by atoms with E-state index in [1.54, 1.807) is 23.1 Å². The maximum Gasteiger partial charge on any atom is 0.123 e. The third-order valence-corrected chi connectivity index (χ3v) is 3.30. The summed E-state index contributed by atoms with van der Waals surface area (Å²) in [5.74, 6) is 0. The minimum absolute atomic E-state index is 1.09. The van der Waals surface area contributed by atoms with Gasteiger partial charge >= 0.3 is 0 Å². The van der Waals surface area contributed by atoms with Gasteiger partial charge in [0.1, 0.15) is 5.01 Å². The smallest absolute Gasteiger partial charge is 0.123 e. The predicted molar refractivity (Wildman–Crippen MR) is 59.3 cm³/mol. The van der Waals surface area contributed by atoms with Crippen LogP contribution in [0.4, 0.5) is 0 Å². The molecule has 1 heterocycles. The van der Waals surface area contributed by atoms with E-state index >= 15 is 0 Å². The van der Waals surface area contributed by atoms with Crippen LogP contribution in [0.3, 0.4) is 0 Å². The third-order valence-electron chi connectivity index (χ3n) is 1.75. The second-order valence-electron chi connectivity index (χ2n) is 2.57. The quantitative estimate of drug-likeness (QED) is 0.699. The number of hydrogen-bond acceptors (Lipinski definition) is 3. The molecule has 1 nitrogen and oxygen atoms in total. The van der Waals surface area contributed by atoms with Gasteiger partial charge in [0.05, 0.1) is 0 Å². The molecule has 2 rings (SSSR count). The molecule has 0 aliphatic carbocycles. The van der Waals surface area contributed by atoms with Crippen molar-refractivity contribution in [3.8, 4) is 10.6 Å². The zero-order valence-corrected chi connectivity index (χ0v) is 8.86. The van der Waals surface area contributed by atoms with Crippen LogP contribution in [-0.2, 0) is 0 Å². The highest BCUT2D eigenvalue weighted by Crippen LogP contribution is 2.25. The Kier molecular flexibility index (Phi) is 2.66. The van der Waals surface area contributed by atoms with Crippen molar-refractivity contribution in [3.05, 3.63) is 35.8 Å². The summed E-state index contributed by atoms with van der Waals surface area (Å²) in [5.41, 5.74) is 1.21. The van der Waals surface area contributed by atoms with E-state index in [2.05, 4.69) is 35.5 Å². The van der Waals surface area contributed by atoms with E-state index in [1.165, 1.54) is 10.5 Å². The van der Waals surface area contributed by atoms with E-state index in [1.807, 2.05) is 11.6 Å². The van der Waals surface area contributed by atoms with Gasteiger partial charge in [-0.15, -0.1) is 23.1 Å². The Labute approximate surface area is 85.8 Å². The Hall–Kier alpha value is -0.800. The Bertz CT molecular complexity index is 382. The summed E-state index contributed by atoms with van der Waals surface area (Å²) >= 11 is 3.43. The molecule has 2 aromatic rings. The van der Waals surface area contributed by atoms with Crippen LogP contribution in [0.5, 0.6) is 0 Å². The summed E-state index contributed by atoms with van der Waals surface area (Å²) in [4.78, 5) is 5.56. The van der Waals surface area contributed by atoms with Crippen LogP contribution in [0.1, 0.15) is 0 Å². The first-order valence-corrected chi connectivity index (χ1v) is 6.04. The van der Waals surface area contributed by atoms with Crippen molar-refractivity contribution in [2.45, 2.75) is 4.90 Å². The lowest BCUT2D eigenvalue weighted by molar-refractivity contribution is 1.39. The van der Waals surface area contributed by atoms with Crippen LogP contribution in [0.15, 0.2) is 40.7 Å². The number of thioether (sulfide) groups is 1. The van der Waals surface area contributed by atoms with Crippen molar-refractivity contribution in [1.29, 1.82) is 0 Å². The second kappa shape index (κ2) is 3.94.